The van der Waals surface area contributed by atoms with Gasteiger partial charge in [0.2, 0.25) is 0 Å². The molecule has 0 amide bonds. The monoisotopic (exact) mass is 343 g/mol. The normalized spacial score (nSPS) is 29.2. The van der Waals surface area contributed by atoms with Gasteiger partial charge in [0.25, 0.3) is 0 Å². The molecular weight excluding hydrogens is 314 g/mol. The number of piperazine rings is 1. The number of anilines is 1. The molecule has 0 radical (unpaired) electrons. The number of benzene rings is 1. The Labute approximate surface area is 151 Å². The summed E-state index contributed by atoms with van der Waals surface area (Å²) in [6, 6.07) is 7.27. The highest BCUT2D eigenvalue weighted by Crippen LogP contribution is 2.44. The van der Waals surface area contributed by atoms with E-state index in [2.05, 4.69) is 47.2 Å². The number of rotatable bonds is 2. The molecule has 0 aromatic heterocycles. The molecule has 0 unspecified atom stereocenters. The van der Waals surface area contributed by atoms with E-state index in [1.165, 1.54) is 42.5 Å². The smallest absolute Gasteiger partial charge is 0.169 e. The predicted octanol–water partition coefficient (Wildman–Crippen LogP) is 3.49. The molecule has 2 saturated carbocycles. The summed E-state index contributed by atoms with van der Waals surface area (Å²) in [4.78, 5) is 4.89. The molecule has 1 heterocycles. The molecular formula is C20H29N3S. The Kier molecular flexibility index (Phi) is 4.42. The van der Waals surface area contributed by atoms with Crippen LogP contribution in [0.15, 0.2) is 18.2 Å². The SMILES string of the molecule is Cc1cccc(N2CCN(C(=S)N[C@H]3C[C@H]4CC[C@H]3C4)CC2)c1C. The van der Waals surface area contributed by atoms with Crippen molar-refractivity contribution in [1.29, 1.82) is 0 Å². The first-order chi connectivity index (χ1) is 11.6. The zero-order valence-electron chi connectivity index (χ0n) is 14.9. The van der Waals surface area contributed by atoms with E-state index < -0.39 is 0 Å². The summed E-state index contributed by atoms with van der Waals surface area (Å²) in [5.41, 5.74) is 4.18. The Morgan fingerprint density at radius 2 is 1.88 bits per heavy atom. The summed E-state index contributed by atoms with van der Waals surface area (Å²) in [5.74, 6) is 1.85. The van der Waals surface area contributed by atoms with Crippen molar-refractivity contribution in [2.24, 2.45) is 11.8 Å². The highest BCUT2D eigenvalue weighted by atomic mass is 32.1. The first kappa shape index (κ1) is 16.2. The van der Waals surface area contributed by atoms with Crippen molar-refractivity contribution >= 4 is 23.0 Å². The van der Waals surface area contributed by atoms with Crippen LogP contribution in [0.25, 0.3) is 0 Å². The fourth-order valence-corrected chi connectivity index (χ4v) is 5.23. The Morgan fingerprint density at radius 3 is 2.54 bits per heavy atom. The molecule has 2 aliphatic carbocycles. The van der Waals surface area contributed by atoms with E-state index in [1.807, 2.05) is 0 Å². The molecule has 130 valence electrons. The van der Waals surface area contributed by atoms with Crippen molar-refractivity contribution < 1.29 is 0 Å². The number of hydrogen-bond acceptors (Lipinski definition) is 2. The average Bonchev–Trinajstić information content (AvgIpc) is 3.20. The molecule has 3 nitrogen and oxygen atoms in total. The third-order valence-corrected chi connectivity index (χ3v) is 6.91. The number of nitrogens with zero attached hydrogens (tertiary/aromatic N) is 2. The standard InChI is InChI=1S/C20H29N3S/c1-14-4-3-5-19(15(14)2)22-8-10-23(11-9-22)20(24)21-18-13-16-6-7-17(18)12-16/h3-5,16-18H,6-13H2,1-2H3,(H,21,24)/t16-,17-,18-/m0/s1. The van der Waals surface area contributed by atoms with Crippen molar-refractivity contribution in [2.75, 3.05) is 31.1 Å². The van der Waals surface area contributed by atoms with Crippen LogP contribution in [0, 0.1) is 25.7 Å². The molecule has 1 aliphatic heterocycles. The van der Waals surface area contributed by atoms with Gasteiger partial charge >= 0.3 is 0 Å². The Bertz CT molecular complexity index is 621. The Hall–Kier alpha value is -1.29. The van der Waals surface area contributed by atoms with Gasteiger partial charge in [-0.25, -0.2) is 0 Å². The molecule has 1 aromatic rings. The van der Waals surface area contributed by atoms with Gasteiger partial charge in [-0.2, -0.15) is 0 Å². The van der Waals surface area contributed by atoms with Crippen LogP contribution in [-0.4, -0.2) is 42.2 Å². The number of aryl methyl sites for hydroxylation is 1. The van der Waals surface area contributed by atoms with Crippen LogP contribution in [0.5, 0.6) is 0 Å². The lowest BCUT2D eigenvalue weighted by Gasteiger charge is -2.39. The third kappa shape index (κ3) is 3.01. The van der Waals surface area contributed by atoms with Crippen LogP contribution in [0.2, 0.25) is 0 Å². The van der Waals surface area contributed by atoms with Gasteiger partial charge in [-0.3, -0.25) is 0 Å². The van der Waals surface area contributed by atoms with Crippen molar-refractivity contribution in [3.05, 3.63) is 29.3 Å². The summed E-state index contributed by atoms with van der Waals surface area (Å²) in [6.45, 7) is 8.60. The quantitative estimate of drug-likeness (QED) is 0.828. The number of thiocarbonyl (C=S) groups is 1. The van der Waals surface area contributed by atoms with Gasteiger partial charge in [-0.05, 0) is 74.4 Å². The minimum atomic E-state index is 0.647. The molecule has 2 bridgehead atoms. The van der Waals surface area contributed by atoms with E-state index >= 15 is 0 Å². The van der Waals surface area contributed by atoms with Crippen LogP contribution >= 0.6 is 12.2 Å². The van der Waals surface area contributed by atoms with Crippen LogP contribution in [-0.2, 0) is 0 Å². The van der Waals surface area contributed by atoms with E-state index in [9.17, 15) is 0 Å². The first-order valence-electron chi connectivity index (χ1n) is 9.48. The third-order valence-electron chi connectivity index (χ3n) is 6.53. The average molecular weight is 344 g/mol. The molecule has 3 aliphatic rings. The summed E-state index contributed by atoms with van der Waals surface area (Å²) in [6.07, 6.45) is 5.63. The molecule has 3 fully saturated rings. The largest absolute Gasteiger partial charge is 0.368 e. The second-order valence-electron chi connectivity index (χ2n) is 7.92. The molecule has 1 aromatic carbocycles. The zero-order chi connectivity index (χ0) is 16.7. The van der Waals surface area contributed by atoms with E-state index in [-0.39, 0.29) is 0 Å². The number of hydrogen-bond donors (Lipinski definition) is 1. The van der Waals surface area contributed by atoms with E-state index in [0.29, 0.717) is 6.04 Å². The highest BCUT2D eigenvalue weighted by Gasteiger charge is 2.40. The van der Waals surface area contributed by atoms with Crippen LogP contribution < -0.4 is 10.2 Å². The van der Waals surface area contributed by atoms with Crippen LogP contribution in [0.1, 0.15) is 36.8 Å². The molecule has 1 N–H and O–H groups in total. The molecule has 4 rings (SSSR count). The van der Waals surface area contributed by atoms with Gasteiger partial charge in [-0.15, -0.1) is 0 Å². The summed E-state index contributed by atoms with van der Waals surface area (Å²) >= 11 is 5.72. The highest BCUT2D eigenvalue weighted by molar-refractivity contribution is 7.80. The second-order valence-corrected chi connectivity index (χ2v) is 8.31. The zero-order valence-corrected chi connectivity index (χ0v) is 15.7. The Morgan fingerprint density at radius 1 is 1.08 bits per heavy atom. The second kappa shape index (κ2) is 6.55. The maximum atomic E-state index is 5.72. The van der Waals surface area contributed by atoms with Gasteiger partial charge in [-0.1, -0.05) is 18.6 Å². The van der Waals surface area contributed by atoms with Gasteiger partial charge in [0.15, 0.2) is 5.11 Å². The molecule has 1 saturated heterocycles. The van der Waals surface area contributed by atoms with Crippen molar-refractivity contribution in [3.8, 4) is 0 Å². The summed E-state index contributed by atoms with van der Waals surface area (Å²) < 4.78 is 0. The lowest BCUT2D eigenvalue weighted by Crippen LogP contribution is -2.54. The fourth-order valence-electron chi connectivity index (χ4n) is 4.90. The maximum Gasteiger partial charge on any atom is 0.169 e. The van der Waals surface area contributed by atoms with Gasteiger partial charge in [0, 0.05) is 37.9 Å². The molecule has 24 heavy (non-hydrogen) atoms. The van der Waals surface area contributed by atoms with Gasteiger partial charge in [0.05, 0.1) is 0 Å². The van der Waals surface area contributed by atoms with E-state index in [4.69, 9.17) is 12.2 Å². The molecule has 0 spiro atoms. The van der Waals surface area contributed by atoms with Crippen molar-refractivity contribution in [3.63, 3.8) is 0 Å². The van der Waals surface area contributed by atoms with E-state index in [1.54, 1.807) is 0 Å². The van der Waals surface area contributed by atoms with Crippen molar-refractivity contribution in [1.82, 2.24) is 10.2 Å². The lowest BCUT2D eigenvalue weighted by molar-refractivity contribution is 0.345. The first-order valence-corrected chi connectivity index (χ1v) is 9.89. The van der Waals surface area contributed by atoms with Gasteiger partial charge < -0.3 is 15.1 Å². The summed E-state index contributed by atoms with van der Waals surface area (Å²) in [5, 5.41) is 4.69. The molecule has 4 heteroatoms. The minimum Gasteiger partial charge on any atom is -0.368 e. The topological polar surface area (TPSA) is 18.5 Å². The Balaban J connectivity index is 1.32. The summed E-state index contributed by atoms with van der Waals surface area (Å²) in [7, 11) is 0. The van der Waals surface area contributed by atoms with E-state index in [0.717, 1.165) is 43.1 Å². The van der Waals surface area contributed by atoms with Gasteiger partial charge in [0.1, 0.15) is 0 Å². The number of fused-ring (bicyclic) bond motifs is 2. The fraction of sp³-hybridized carbons (Fsp3) is 0.650. The lowest BCUT2D eigenvalue weighted by atomic mass is 9.95. The maximum absolute atomic E-state index is 5.72. The van der Waals surface area contributed by atoms with Crippen molar-refractivity contribution in [2.45, 2.75) is 45.6 Å². The van der Waals surface area contributed by atoms with Crippen LogP contribution in [0.4, 0.5) is 5.69 Å². The minimum absolute atomic E-state index is 0.647. The number of nitrogens with one attached hydrogen (secondary N) is 1. The van der Waals surface area contributed by atoms with Crippen LogP contribution in [0.3, 0.4) is 0 Å². The predicted molar refractivity (Wildman–Crippen MR) is 105 cm³/mol. The molecule has 3 atom stereocenters.